The van der Waals surface area contributed by atoms with Crippen LogP contribution in [0.4, 0.5) is 0 Å². The molecule has 0 aliphatic carbocycles. The Balaban J connectivity index is 1.99. The van der Waals surface area contributed by atoms with E-state index in [0.717, 1.165) is 37.8 Å². The van der Waals surface area contributed by atoms with Gasteiger partial charge in [0.2, 0.25) is 0 Å². The molecule has 0 aromatic rings. The van der Waals surface area contributed by atoms with Gasteiger partial charge in [-0.15, -0.1) is 0 Å². The second-order valence-corrected chi connectivity index (χ2v) is 9.34. The first kappa shape index (κ1) is 26.9. The minimum atomic E-state index is -0.669. The van der Waals surface area contributed by atoms with Crippen molar-refractivity contribution in [3.63, 3.8) is 0 Å². The average molecular weight is 426 g/mol. The van der Waals surface area contributed by atoms with E-state index in [1.54, 1.807) is 0 Å². The van der Waals surface area contributed by atoms with Gasteiger partial charge < -0.3 is 10.2 Å². The summed E-state index contributed by atoms with van der Waals surface area (Å²) in [7, 11) is 0. The first-order valence-corrected chi connectivity index (χ1v) is 12.7. The van der Waals surface area contributed by atoms with Gasteiger partial charge in [0.25, 0.3) is 0 Å². The number of carboxylic acids is 2. The Bertz CT molecular complexity index is 454. The summed E-state index contributed by atoms with van der Waals surface area (Å²) in [6.07, 6.45) is 21.1. The maximum atomic E-state index is 10.5. The summed E-state index contributed by atoms with van der Waals surface area (Å²) in [6, 6.07) is 1.52. The summed E-state index contributed by atoms with van der Waals surface area (Å²) in [5.41, 5.74) is 0. The maximum absolute atomic E-state index is 10.5. The van der Waals surface area contributed by atoms with E-state index in [2.05, 4.69) is 11.8 Å². The maximum Gasteiger partial charge on any atom is 0.303 e. The molecule has 30 heavy (non-hydrogen) atoms. The van der Waals surface area contributed by atoms with Gasteiger partial charge in [-0.2, -0.15) is 0 Å². The Kier molecular flexibility index (Phi) is 15.8. The molecule has 0 bridgehead atoms. The van der Waals surface area contributed by atoms with Crippen molar-refractivity contribution in [1.82, 2.24) is 4.90 Å². The summed E-state index contributed by atoms with van der Waals surface area (Å²) in [5.74, 6) is -1.34. The number of aliphatic carboxylic acids is 2. The highest BCUT2D eigenvalue weighted by atomic mass is 16.4. The molecule has 1 heterocycles. The second-order valence-electron chi connectivity index (χ2n) is 9.34. The normalized spacial score (nSPS) is 19.4. The summed E-state index contributed by atoms with van der Waals surface area (Å²) in [4.78, 5) is 23.8. The highest BCUT2D eigenvalue weighted by molar-refractivity contribution is 5.66. The molecule has 1 aliphatic heterocycles. The molecule has 0 aromatic heterocycles. The molecule has 5 heteroatoms. The third-order valence-electron chi connectivity index (χ3n) is 6.69. The van der Waals surface area contributed by atoms with Crippen LogP contribution in [0.2, 0.25) is 0 Å². The van der Waals surface area contributed by atoms with Crippen molar-refractivity contribution in [3.8, 4) is 0 Å². The van der Waals surface area contributed by atoms with E-state index in [-0.39, 0.29) is 0 Å². The highest BCUT2D eigenvalue weighted by Gasteiger charge is 2.29. The smallest absolute Gasteiger partial charge is 0.303 e. The SMILES string of the molecule is C[C@H]1CC[C@H](CCCCCCCCCC(=O)O)N1CCCCCCCCCC(=O)O. The van der Waals surface area contributed by atoms with Crippen molar-refractivity contribution >= 4 is 11.9 Å². The fraction of sp³-hybridized carbons (Fsp3) is 0.920. The molecule has 0 aromatic carbocycles. The van der Waals surface area contributed by atoms with Crippen LogP contribution in [0.5, 0.6) is 0 Å². The lowest BCUT2D eigenvalue weighted by Gasteiger charge is -2.28. The topological polar surface area (TPSA) is 77.8 Å². The van der Waals surface area contributed by atoms with Crippen LogP contribution in [-0.2, 0) is 9.59 Å². The number of hydrogen-bond acceptors (Lipinski definition) is 3. The number of carbonyl (C=O) groups is 2. The van der Waals surface area contributed by atoms with Gasteiger partial charge in [-0.1, -0.05) is 70.6 Å². The van der Waals surface area contributed by atoms with E-state index >= 15 is 0 Å². The Labute approximate surface area is 184 Å². The van der Waals surface area contributed by atoms with Crippen LogP contribution in [0.1, 0.15) is 129 Å². The lowest BCUT2D eigenvalue weighted by molar-refractivity contribution is -0.138. The number of rotatable bonds is 20. The lowest BCUT2D eigenvalue weighted by atomic mass is 10.0. The Morgan fingerprint density at radius 2 is 1.10 bits per heavy atom. The quantitative estimate of drug-likeness (QED) is 0.214. The molecule has 1 aliphatic rings. The Hall–Kier alpha value is -1.10. The number of nitrogens with zero attached hydrogens (tertiary/aromatic N) is 1. The zero-order valence-corrected chi connectivity index (χ0v) is 19.5. The van der Waals surface area contributed by atoms with E-state index in [1.807, 2.05) is 0 Å². The van der Waals surface area contributed by atoms with Crippen LogP contribution in [0.15, 0.2) is 0 Å². The van der Waals surface area contributed by atoms with E-state index in [9.17, 15) is 9.59 Å². The number of carboxylic acid groups (broad SMARTS) is 2. The van der Waals surface area contributed by atoms with Crippen molar-refractivity contribution in [1.29, 1.82) is 0 Å². The van der Waals surface area contributed by atoms with Gasteiger partial charge >= 0.3 is 11.9 Å². The number of unbranched alkanes of at least 4 members (excludes halogenated alkanes) is 12. The van der Waals surface area contributed by atoms with Gasteiger partial charge in [0, 0.05) is 24.9 Å². The standard InChI is InChI=1S/C25H47NO4/c1-22-19-20-23(16-12-8-4-2-5-9-13-17-24(27)28)26(22)21-15-11-7-3-6-10-14-18-25(29)30/h22-23H,2-21H2,1H3,(H,27,28)(H,29,30)/t22-,23-/m0/s1. The molecule has 0 radical (unpaired) electrons. The molecule has 2 N–H and O–H groups in total. The van der Waals surface area contributed by atoms with E-state index in [1.165, 1.54) is 90.0 Å². The molecule has 176 valence electrons. The molecule has 1 saturated heterocycles. The summed E-state index contributed by atoms with van der Waals surface area (Å²) >= 11 is 0. The van der Waals surface area contributed by atoms with Crippen molar-refractivity contribution in [2.45, 2.75) is 141 Å². The Morgan fingerprint density at radius 3 is 1.60 bits per heavy atom. The monoisotopic (exact) mass is 425 g/mol. The number of hydrogen-bond donors (Lipinski definition) is 2. The molecule has 2 atom stereocenters. The summed E-state index contributed by atoms with van der Waals surface area (Å²) in [6.45, 7) is 3.63. The molecule has 0 amide bonds. The molecular formula is C25H47NO4. The van der Waals surface area contributed by atoms with Gasteiger partial charge in [-0.25, -0.2) is 0 Å². The average Bonchev–Trinajstić information content (AvgIpc) is 3.04. The number of likely N-dealkylation sites (tertiary alicyclic amines) is 1. The molecular weight excluding hydrogens is 378 g/mol. The van der Waals surface area contributed by atoms with E-state index < -0.39 is 11.9 Å². The molecule has 0 saturated carbocycles. The molecule has 0 unspecified atom stereocenters. The lowest BCUT2D eigenvalue weighted by Crippen LogP contribution is -2.35. The molecule has 1 rings (SSSR count). The fourth-order valence-corrected chi connectivity index (χ4v) is 4.83. The minimum absolute atomic E-state index is 0.320. The predicted octanol–water partition coefficient (Wildman–Crippen LogP) is 6.64. The predicted molar refractivity (Wildman–Crippen MR) is 123 cm³/mol. The van der Waals surface area contributed by atoms with Crippen LogP contribution < -0.4 is 0 Å². The van der Waals surface area contributed by atoms with Gasteiger partial charge in [-0.3, -0.25) is 14.5 Å². The van der Waals surface area contributed by atoms with Crippen molar-refractivity contribution < 1.29 is 19.8 Å². The third-order valence-corrected chi connectivity index (χ3v) is 6.69. The minimum Gasteiger partial charge on any atom is -0.481 e. The Morgan fingerprint density at radius 1 is 0.667 bits per heavy atom. The van der Waals surface area contributed by atoms with Crippen LogP contribution in [0, 0.1) is 0 Å². The van der Waals surface area contributed by atoms with Crippen LogP contribution in [-0.4, -0.2) is 45.7 Å². The summed E-state index contributed by atoms with van der Waals surface area (Å²) in [5, 5.41) is 17.3. The van der Waals surface area contributed by atoms with Crippen LogP contribution >= 0.6 is 0 Å². The molecule has 5 nitrogen and oxygen atoms in total. The highest BCUT2D eigenvalue weighted by Crippen LogP contribution is 2.28. The van der Waals surface area contributed by atoms with E-state index in [4.69, 9.17) is 10.2 Å². The van der Waals surface area contributed by atoms with E-state index in [0.29, 0.717) is 12.8 Å². The first-order chi connectivity index (χ1) is 14.5. The molecule has 1 fully saturated rings. The third kappa shape index (κ3) is 14.0. The molecule has 0 spiro atoms. The van der Waals surface area contributed by atoms with Crippen molar-refractivity contribution in [2.75, 3.05) is 6.54 Å². The van der Waals surface area contributed by atoms with Gasteiger partial charge in [0.1, 0.15) is 0 Å². The van der Waals surface area contributed by atoms with Gasteiger partial charge in [0.15, 0.2) is 0 Å². The van der Waals surface area contributed by atoms with Crippen molar-refractivity contribution in [2.24, 2.45) is 0 Å². The summed E-state index contributed by atoms with van der Waals surface area (Å²) < 4.78 is 0. The van der Waals surface area contributed by atoms with Gasteiger partial charge in [-0.05, 0) is 52.0 Å². The van der Waals surface area contributed by atoms with Gasteiger partial charge in [0.05, 0.1) is 0 Å². The largest absolute Gasteiger partial charge is 0.481 e. The van der Waals surface area contributed by atoms with Crippen LogP contribution in [0.3, 0.4) is 0 Å². The first-order valence-electron chi connectivity index (χ1n) is 12.7. The van der Waals surface area contributed by atoms with Crippen molar-refractivity contribution in [3.05, 3.63) is 0 Å². The van der Waals surface area contributed by atoms with Crippen LogP contribution in [0.25, 0.3) is 0 Å². The zero-order chi connectivity index (χ0) is 22.0. The fourth-order valence-electron chi connectivity index (χ4n) is 4.83. The second kappa shape index (κ2) is 17.6. The zero-order valence-electron chi connectivity index (χ0n) is 19.5.